The number of hydrogen-bond acceptors (Lipinski definition) is 8. The van der Waals surface area contributed by atoms with Crippen molar-refractivity contribution < 1.29 is 0 Å². The summed E-state index contributed by atoms with van der Waals surface area (Å²) in [6, 6.07) is 0. The summed E-state index contributed by atoms with van der Waals surface area (Å²) in [5.74, 6) is -0.445. The molecule has 0 saturated carbocycles. The average Bonchev–Trinajstić information content (AvgIpc) is 3.46. The minimum atomic E-state index is -0.280. The number of rotatable bonds is 9. The van der Waals surface area contributed by atoms with Crippen molar-refractivity contribution in [1.29, 1.82) is 21.6 Å². The van der Waals surface area contributed by atoms with Crippen LogP contribution in [0.3, 0.4) is 0 Å². The van der Waals surface area contributed by atoms with E-state index in [9.17, 15) is 0 Å². The molecule has 0 unspecified atom stereocenters. The second-order valence-electron chi connectivity index (χ2n) is 6.37. The summed E-state index contributed by atoms with van der Waals surface area (Å²) in [5, 5.41) is 35.8. The van der Waals surface area contributed by atoms with Gasteiger partial charge in [0.1, 0.15) is 0 Å². The van der Waals surface area contributed by atoms with Gasteiger partial charge in [-0.25, -0.2) is 9.97 Å². The fraction of sp³-hybridized carbons (Fsp3) is 0.375. The van der Waals surface area contributed by atoms with Crippen LogP contribution < -0.4 is 43.0 Å². The summed E-state index contributed by atoms with van der Waals surface area (Å²) < 4.78 is 0. The van der Waals surface area contributed by atoms with Gasteiger partial charge in [-0.05, 0) is 12.8 Å². The highest BCUT2D eigenvalue weighted by Crippen LogP contribution is 2.19. The van der Waals surface area contributed by atoms with Gasteiger partial charge in [-0.1, -0.05) is 12.8 Å². The molecular formula is C16H28N14S2. The van der Waals surface area contributed by atoms with Gasteiger partial charge in [-0.2, -0.15) is 0 Å². The molecule has 0 amide bonds. The first kappa shape index (κ1) is 24.6. The third-order valence-electron chi connectivity index (χ3n) is 3.98. The van der Waals surface area contributed by atoms with Gasteiger partial charge in [0.05, 0.1) is 0 Å². The van der Waals surface area contributed by atoms with Crippen molar-refractivity contribution in [3.05, 3.63) is 23.2 Å². The average molecular weight is 481 g/mol. The highest BCUT2D eigenvalue weighted by molar-refractivity contribution is 7.14. The van der Waals surface area contributed by atoms with Crippen LogP contribution in [0.2, 0.25) is 0 Å². The summed E-state index contributed by atoms with van der Waals surface area (Å²) >= 11 is 2.84. The molecule has 0 atom stereocenters. The molecule has 0 radical (unpaired) electrons. The Balaban J connectivity index is 1.79. The number of hydrazine groups is 2. The van der Waals surface area contributed by atoms with Crippen molar-refractivity contribution in [2.75, 3.05) is 22.9 Å². The second-order valence-corrected chi connectivity index (χ2v) is 8.12. The number of unbranched alkanes of at least 4 members (excludes halogenated alkanes) is 3. The Morgan fingerprint density at radius 1 is 0.719 bits per heavy atom. The molecule has 32 heavy (non-hydrogen) atoms. The number of thiazole rings is 2. The summed E-state index contributed by atoms with van der Waals surface area (Å²) in [7, 11) is 0. The molecule has 0 saturated heterocycles. The number of aromatic nitrogens is 2. The summed E-state index contributed by atoms with van der Waals surface area (Å²) in [4.78, 5) is 12.0. The maximum atomic E-state index is 8.18. The molecule has 0 bridgehead atoms. The highest BCUT2D eigenvalue weighted by Gasteiger charge is 2.16. The van der Waals surface area contributed by atoms with E-state index in [4.69, 9.17) is 33.1 Å². The van der Waals surface area contributed by atoms with Gasteiger partial charge in [0.2, 0.25) is 23.8 Å². The Kier molecular flexibility index (Phi) is 9.92. The minimum Gasteiger partial charge on any atom is -0.369 e. The van der Waals surface area contributed by atoms with Crippen molar-refractivity contribution >= 4 is 56.8 Å². The second kappa shape index (κ2) is 12.9. The van der Waals surface area contributed by atoms with Crippen molar-refractivity contribution in [2.24, 2.45) is 11.5 Å². The summed E-state index contributed by atoms with van der Waals surface area (Å²) in [6.07, 6.45) is 6.82. The Morgan fingerprint density at radius 3 is 1.44 bits per heavy atom. The molecule has 16 heteroatoms. The van der Waals surface area contributed by atoms with Crippen LogP contribution in [0.1, 0.15) is 25.7 Å². The molecule has 14 nitrogen and oxygen atoms in total. The van der Waals surface area contributed by atoms with Gasteiger partial charge < -0.3 is 11.5 Å². The van der Waals surface area contributed by atoms with Gasteiger partial charge in [-0.3, -0.25) is 53.1 Å². The third-order valence-corrected chi connectivity index (χ3v) is 5.57. The summed E-state index contributed by atoms with van der Waals surface area (Å²) in [5.41, 5.74) is 20.5. The first-order valence-electron chi connectivity index (χ1n) is 9.61. The lowest BCUT2D eigenvalue weighted by atomic mass is 10.2. The smallest absolute Gasteiger partial charge is 0.216 e. The molecule has 0 aliphatic heterocycles. The lowest BCUT2D eigenvalue weighted by Gasteiger charge is -2.24. The van der Waals surface area contributed by atoms with E-state index in [0.29, 0.717) is 23.4 Å². The zero-order valence-electron chi connectivity index (χ0n) is 17.3. The van der Waals surface area contributed by atoms with Crippen LogP contribution >= 0.6 is 22.7 Å². The first-order valence-corrected chi connectivity index (χ1v) is 11.4. The Hall–Kier alpha value is -3.66. The van der Waals surface area contributed by atoms with E-state index in [1.807, 2.05) is 10.8 Å². The highest BCUT2D eigenvalue weighted by atomic mass is 32.1. The Labute approximate surface area is 193 Å². The van der Waals surface area contributed by atoms with E-state index in [1.54, 1.807) is 22.2 Å². The van der Waals surface area contributed by atoms with E-state index < -0.39 is 0 Å². The topological polar surface area (TPSA) is 228 Å². The van der Waals surface area contributed by atoms with Gasteiger partial charge >= 0.3 is 0 Å². The molecule has 0 aromatic carbocycles. The molecule has 2 rings (SSSR count). The monoisotopic (exact) mass is 480 g/mol. The fourth-order valence-electron chi connectivity index (χ4n) is 2.59. The van der Waals surface area contributed by atoms with Crippen molar-refractivity contribution in [3.63, 3.8) is 0 Å². The summed E-state index contributed by atoms with van der Waals surface area (Å²) in [6.45, 7) is 1.16. The zero-order chi connectivity index (χ0) is 23.3. The van der Waals surface area contributed by atoms with E-state index in [2.05, 4.69) is 31.7 Å². The van der Waals surface area contributed by atoms with Crippen LogP contribution in [0, 0.1) is 21.6 Å². The Morgan fingerprint density at radius 2 is 1.12 bits per heavy atom. The zero-order valence-corrected chi connectivity index (χ0v) is 18.9. The lowest BCUT2D eigenvalue weighted by Crippen LogP contribution is -2.51. The largest absolute Gasteiger partial charge is 0.369 e. The SMILES string of the molecule is N=C(N)NNC(=N)N(CCCCCCN(C(=N)NNC(=N)N)c1nccs1)c1nccs1. The van der Waals surface area contributed by atoms with Crippen LogP contribution in [0.4, 0.5) is 10.3 Å². The molecule has 174 valence electrons. The first-order chi connectivity index (χ1) is 15.4. The molecule has 12 N–H and O–H groups in total. The van der Waals surface area contributed by atoms with E-state index in [1.165, 1.54) is 22.7 Å². The van der Waals surface area contributed by atoms with Crippen LogP contribution in [-0.2, 0) is 0 Å². The Bertz CT molecular complexity index is 793. The van der Waals surface area contributed by atoms with E-state index in [0.717, 1.165) is 25.7 Å². The quantitative estimate of drug-likeness (QED) is 0.102. The number of hydrogen-bond donors (Lipinski definition) is 10. The predicted octanol–water partition coefficient (Wildman–Crippen LogP) is 0.318. The fourth-order valence-corrected chi connectivity index (χ4v) is 3.94. The van der Waals surface area contributed by atoms with Crippen molar-refractivity contribution in [1.82, 2.24) is 31.7 Å². The number of nitrogens with zero attached hydrogens (tertiary/aromatic N) is 4. The molecule has 2 aromatic heterocycles. The van der Waals surface area contributed by atoms with Crippen LogP contribution in [-0.4, -0.2) is 46.9 Å². The van der Waals surface area contributed by atoms with Crippen molar-refractivity contribution in [2.45, 2.75) is 25.7 Å². The molecule has 0 aliphatic carbocycles. The van der Waals surface area contributed by atoms with Crippen molar-refractivity contribution in [3.8, 4) is 0 Å². The standard InChI is InChI=1S/C16H28N14S2/c17-11(18)25-27-13(21)29(15-23-5-9-31-15)7-3-1-2-4-8-30(16-24-6-10-32-16)14(22)28-26-12(19)20/h5-6,9-10H,1-4,7-8H2,(H2,21,27)(H2,22,28)(H4,17,18,25)(H4,19,20,26). The molecule has 0 spiro atoms. The maximum absolute atomic E-state index is 8.18. The third kappa shape index (κ3) is 8.23. The van der Waals surface area contributed by atoms with Gasteiger partial charge in [0.15, 0.2) is 10.3 Å². The molecule has 0 fully saturated rings. The van der Waals surface area contributed by atoms with Crippen LogP contribution in [0.15, 0.2) is 23.2 Å². The number of anilines is 2. The van der Waals surface area contributed by atoms with E-state index in [-0.39, 0.29) is 23.8 Å². The number of guanidine groups is 4. The predicted molar refractivity (Wildman–Crippen MR) is 129 cm³/mol. The normalized spacial score (nSPS) is 10.1. The minimum absolute atomic E-state index is 0.0580. The molecular weight excluding hydrogens is 452 g/mol. The van der Waals surface area contributed by atoms with Crippen LogP contribution in [0.5, 0.6) is 0 Å². The number of nitrogens with two attached hydrogens (primary N) is 2. The van der Waals surface area contributed by atoms with Gasteiger partial charge in [-0.15, -0.1) is 22.7 Å². The lowest BCUT2D eigenvalue weighted by molar-refractivity contribution is 0.640. The van der Waals surface area contributed by atoms with E-state index >= 15 is 0 Å². The van der Waals surface area contributed by atoms with Gasteiger partial charge in [0, 0.05) is 36.2 Å². The van der Waals surface area contributed by atoms with Gasteiger partial charge in [0.25, 0.3) is 0 Å². The number of nitrogens with one attached hydrogen (secondary N) is 8. The maximum Gasteiger partial charge on any atom is 0.216 e. The molecule has 2 heterocycles. The molecule has 0 aliphatic rings. The molecule has 2 aromatic rings. The van der Waals surface area contributed by atoms with Crippen LogP contribution in [0.25, 0.3) is 0 Å².